The van der Waals surface area contributed by atoms with Crippen LogP contribution in [0.4, 0.5) is 10.5 Å². The number of hydrogen-bond donors (Lipinski definition) is 3. The Morgan fingerprint density at radius 1 is 1.10 bits per heavy atom. The molecule has 4 N–H and O–H groups in total. The summed E-state index contributed by atoms with van der Waals surface area (Å²) in [5.41, 5.74) is 7.29. The number of rotatable bonds is 5. The zero-order valence-electron chi connectivity index (χ0n) is 11.2. The maximum absolute atomic E-state index is 10.6. The second-order valence-corrected chi connectivity index (χ2v) is 5.25. The van der Waals surface area contributed by atoms with E-state index in [0.717, 1.165) is 10.6 Å². The van der Waals surface area contributed by atoms with Gasteiger partial charge in [-0.25, -0.2) is 4.79 Å². The van der Waals surface area contributed by atoms with E-state index < -0.39 is 6.03 Å². The van der Waals surface area contributed by atoms with E-state index in [4.69, 9.17) is 5.73 Å². The van der Waals surface area contributed by atoms with Crippen molar-refractivity contribution in [2.45, 2.75) is 17.9 Å². The highest BCUT2D eigenvalue weighted by atomic mass is 32.2. The minimum absolute atomic E-state index is 0.209. The van der Waals surface area contributed by atoms with Gasteiger partial charge in [0.05, 0.1) is 0 Å². The van der Waals surface area contributed by atoms with Gasteiger partial charge in [-0.3, -0.25) is 4.72 Å². The molecule has 104 valence electrons. The number of anilines is 1. The number of amides is 2. The Morgan fingerprint density at radius 2 is 1.75 bits per heavy atom. The number of nitrogens with two attached hydrogens (primary N) is 1. The Morgan fingerprint density at radius 3 is 2.35 bits per heavy atom. The van der Waals surface area contributed by atoms with E-state index in [1.165, 1.54) is 17.5 Å². The molecule has 0 aliphatic rings. The van der Waals surface area contributed by atoms with Gasteiger partial charge in [-0.05, 0) is 48.7 Å². The molecular formula is C15H17N3OS. The van der Waals surface area contributed by atoms with E-state index in [1.54, 1.807) is 0 Å². The van der Waals surface area contributed by atoms with Crippen molar-refractivity contribution in [3.8, 4) is 0 Å². The number of primary amides is 1. The first-order valence-corrected chi connectivity index (χ1v) is 7.10. The molecule has 2 amide bonds. The Balaban J connectivity index is 1.97. The molecule has 0 spiro atoms. The Kier molecular flexibility index (Phi) is 4.90. The van der Waals surface area contributed by atoms with Gasteiger partial charge in [0.15, 0.2) is 0 Å². The first kappa shape index (κ1) is 14.3. The molecule has 2 aromatic rings. The number of benzene rings is 2. The lowest BCUT2D eigenvalue weighted by molar-refractivity contribution is 0.254. The van der Waals surface area contributed by atoms with Crippen LogP contribution < -0.4 is 15.8 Å². The molecule has 0 saturated carbocycles. The Hall–Kier alpha value is -2.14. The van der Waals surface area contributed by atoms with Gasteiger partial charge >= 0.3 is 6.03 Å². The third-order valence-electron chi connectivity index (χ3n) is 2.81. The first-order chi connectivity index (χ1) is 9.65. The van der Waals surface area contributed by atoms with Gasteiger partial charge in [-0.1, -0.05) is 30.3 Å². The third-order valence-corrected chi connectivity index (χ3v) is 3.62. The Bertz CT molecular complexity index is 557. The van der Waals surface area contributed by atoms with E-state index in [1.807, 2.05) is 54.6 Å². The van der Waals surface area contributed by atoms with Crippen molar-refractivity contribution in [2.75, 3.05) is 5.32 Å². The molecule has 0 heterocycles. The van der Waals surface area contributed by atoms with Crippen molar-refractivity contribution in [3.05, 3.63) is 60.2 Å². The summed E-state index contributed by atoms with van der Waals surface area (Å²) in [5.74, 6) is 0. The van der Waals surface area contributed by atoms with E-state index >= 15 is 0 Å². The van der Waals surface area contributed by atoms with Crippen LogP contribution in [0.1, 0.15) is 18.5 Å². The van der Waals surface area contributed by atoms with Gasteiger partial charge in [0.1, 0.15) is 0 Å². The van der Waals surface area contributed by atoms with Crippen LogP contribution in [0.25, 0.3) is 0 Å². The lowest BCUT2D eigenvalue weighted by Gasteiger charge is -2.16. The van der Waals surface area contributed by atoms with Gasteiger partial charge in [0, 0.05) is 16.6 Å². The zero-order chi connectivity index (χ0) is 14.4. The molecule has 0 radical (unpaired) electrons. The van der Waals surface area contributed by atoms with Crippen molar-refractivity contribution >= 4 is 23.7 Å². The summed E-state index contributed by atoms with van der Waals surface area (Å²) in [6.07, 6.45) is 0. The van der Waals surface area contributed by atoms with Crippen molar-refractivity contribution < 1.29 is 4.79 Å². The van der Waals surface area contributed by atoms with Crippen LogP contribution in [0, 0.1) is 0 Å². The van der Waals surface area contributed by atoms with Crippen molar-refractivity contribution in [3.63, 3.8) is 0 Å². The van der Waals surface area contributed by atoms with Crippen molar-refractivity contribution in [2.24, 2.45) is 5.73 Å². The van der Waals surface area contributed by atoms with Crippen molar-refractivity contribution in [1.29, 1.82) is 0 Å². The van der Waals surface area contributed by atoms with Crippen molar-refractivity contribution in [1.82, 2.24) is 4.72 Å². The molecule has 2 aromatic carbocycles. The molecule has 1 atom stereocenters. The van der Waals surface area contributed by atoms with Crippen LogP contribution >= 0.6 is 11.9 Å². The van der Waals surface area contributed by atoms with E-state index in [-0.39, 0.29) is 6.04 Å². The summed E-state index contributed by atoms with van der Waals surface area (Å²) >= 11 is 1.21. The average Bonchev–Trinajstić information content (AvgIpc) is 2.46. The van der Waals surface area contributed by atoms with Crippen LogP contribution in [0.2, 0.25) is 0 Å². The molecule has 0 saturated heterocycles. The summed E-state index contributed by atoms with van der Waals surface area (Å²) in [5, 5.41) is 3.43. The molecule has 20 heavy (non-hydrogen) atoms. The minimum Gasteiger partial charge on any atom is -0.379 e. The van der Waals surface area contributed by atoms with E-state index in [0.29, 0.717) is 0 Å². The number of carbonyl (C=O) groups excluding carboxylic acids is 1. The van der Waals surface area contributed by atoms with Crippen LogP contribution in [0.3, 0.4) is 0 Å². The molecule has 0 aliphatic heterocycles. The quantitative estimate of drug-likeness (QED) is 0.737. The first-order valence-electron chi connectivity index (χ1n) is 6.29. The zero-order valence-corrected chi connectivity index (χ0v) is 12.0. The minimum atomic E-state index is -0.543. The second-order valence-electron chi connectivity index (χ2n) is 4.37. The fraction of sp³-hybridized carbons (Fsp3) is 0.133. The van der Waals surface area contributed by atoms with E-state index in [2.05, 4.69) is 17.0 Å². The number of para-hydroxylation sites is 1. The fourth-order valence-electron chi connectivity index (χ4n) is 1.80. The van der Waals surface area contributed by atoms with E-state index in [9.17, 15) is 4.79 Å². The highest BCUT2D eigenvalue weighted by molar-refractivity contribution is 7.98. The van der Waals surface area contributed by atoms with Gasteiger partial charge in [0.25, 0.3) is 0 Å². The SMILES string of the molecule is CC(Nc1ccccc1)c1ccc(SNC(N)=O)cc1. The maximum Gasteiger partial charge on any atom is 0.322 e. The predicted molar refractivity (Wildman–Crippen MR) is 83.5 cm³/mol. The summed E-state index contributed by atoms with van der Waals surface area (Å²) in [7, 11) is 0. The fourth-order valence-corrected chi connectivity index (χ4v) is 2.29. The summed E-state index contributed by atoms with van der Waals surface area (Å²) < 4.78 is 2.49. The van der Waals surface area contributed by atoms with Gasteiger partial charge in [0.2, 0.25) is 0 Å². The monoisotopic (exact) mass is 287 g/mol. The summed E-state index contributed by atoms with van der Waals surface area (Å²) in [4.78, 5) is 11.6. The number of hydrogen-bond acceptors (Lipinski definition) is 3. The van der Waals surface area contributed by atoms with Gasteiger partial charge in [-0.2, -0.15) is 0 Å². The maximum atomic E-state index is 10.6. The number of nitrogens with one attached hydrogen (secondary N) is 2. The second kappa shape index (κ2) is 6.86. The predicted octanol–water partition coefficient (Wildman–Crippen LogP) is 3.54. The molecule has 0 bridgehead atoms. The summed E-state index contributed by atoms with van der Waals surface area (Å²) in [6.45, 7) is 2.11. The highest BCUT2D eigenvalue weighted by Gasteiger charge is 2.05. The summed E-state index contributed by atoms with van der Waals surface area (Å²) in [6, 6.07) is 17.7. The lowest BCUT2D eigenvalue weighted by Crippen LogP contribution is -2.22. The van der Waals surface area contributed by atoms with Gasteiger partial charge < -0.3 is 11.1 Å². The third kappa shape index (κ3) is 4.20. The molecule has 0 fully saturated rings. The largest absolute Gasteiger partial charge is 0.379 e. The Labute approximate surface area is 122 Å². The normalized spacial score (nSPS) is 11.7. The standard InChI is InChI=1S/C15H17N3OS/c1-11(17-13-5-3-2-4-6-13)12-7-9-14(10-8-12)20-18-15(16)19/h2-11,17H,1H3,(H3,16,18,19). The van der Waals surface area contributed by atoms with Crippen LogP contribution in [0.5, 0.6) is 0 Å². The van der Waals surface area contributed by atoms with Crippen LogP contribution in [-0.2, 0) is 0 Å². The topological polar surface area (TPSA) is 67.2 Å². The lowest BCUT2D eigenvalue weighted by atomic mass is 10.1. The molecule has 0 aliphatic carbocycles. The number of urea groups is 1. The molecule has 1 unspecified atom stereocenters. The van der Waals surface area contributed by atoms with Crippen LogP contribution in [-0.4, -0.2) is 6.03 Å². The molecular weight excluding hydrogens is 270 g/mol. The highest BCUT2D eigenvalue weighted by Crippen LogP contribution is 2.22. The molecule has 5 heteroatoms. The molecule has 2 rings (SSSR count). The van der Waals surface area contributed by atoms with Gasteiger partial charge in [-0.15, -0.1) is 0 Å². The average molecular weight is 287 g/mol. The molecule has 0 aromatic heterocycles. The molecule has 4 nitrogen and oxygen atoms in total. The smallest absolute Gasteiger partial charge is 0.322 e. The van der Waals surface area contributed by atoms with Crippen LogP contribution in [0.15, 0.2) is 59.5 Å². The number of carbonyl (C=O) groups is 1.